The number of ether oxygens (including phenoxy) is 5. The molecule has 192 valence electrons. The lowest BCUT2D eigenvalue weighted by Crippen LogP contribution is -2.48. The topological polar surface area (TPSA) is 82.1 Å². The molecule has 1 spiro atoms. The number of rotatable bonds is 7. The summed E-state index contributed by atoms with van der Waals surface area (Å²) in [6.45, 7) is 3.03. The monoisotopic (exact) mass is 495 g/mol. The van der Waals surface area contributed by atoms with Crippen LogP contribution in [0.25, 0.3) is 0 Å². The van der Waals surface area contributed by atoms with E-state index in [9.17, 15) is 4.79 Å². The van der Waals surface area contributed by atoms with Crippen molar-refractivity contribution in [3.05, 3.63) is 53.6 Å². The molecule has 0 aliphatic carbocycles. The SMILES string of the molecule is COc1ccc(C2=NN(C(=O)CN3CCC4(CC3)OCCO4)[C@@H](c3ccccc3OC)C2)c(OC)c1. The van der Waals surface area contributed by atoms with E-state index < -0.39 is 5.79 Å². The van der Waals surface area contributed by atoms with Gasteiger partial charge in [0.25, 0.3) is 5.91 Å². The Morgan fingerprint density at radius 3 is 2.42 bits per heavy atom. The van der Waals surface area contributed by atoms with Crippen molar-refractivity contribution in [2.24, 2.45) is 5.10 Å². The molecule has 2 aromatic carbocycles. The second kappa shape index (κ2) is 10.5. The van der Waals surface area contributed by atoms with Crippen molar-refractivity contribution in [1.82, 2.24) is 9.91 Å². The van der Waals surface area contributed by atoms with Crippen LogP contribution in [0.3, 0.4) is 0 Å². The number of benzene rings is 2. The Morgan fingerprint density at radius 2 is 1.72 bits per heavy atom. The summed E-state index contributed by atoms with van der Waals surface area (Å²) in [5.41, 5.74) is 2.54. The molecule has 0 saturated carbocycles. The van der Waals surface area contributed by atoms with Gasteiger partial charge in [0, 0.05) is 49.5 Å². The van der Waals surface area contributed by atoms with Gasteiger partial charge < -0.3 is 23.7 Å². The Kier molecular flexibility index (Phi) is 7.13. The summed E-state index contributed by atoms with van der Waals surface area (Å²) >= 11 is 0. The summed E-state index contributed by atoms with van der Waals surface area (Å²) in [7, 11) is 4.88. The third-order valence-electron chi connectivity index (χ3n) is 7.17. The number of nitrogens with zero attached hydrogens (tertiary/aromatic N) is 3. The van der Waals surface area contributed by atoms with E-state index in [1.807, 2.05) is 42.5 Å². The molecule has 2 fully saturated rings. The Bertz CT molecular complexity index is 1120. The van der Waals surface area contributed by atoms with E-state index in [0.717, 1.165) is 48.5 Å². The third-order valence-corrected chi connectivity index (χ3v) is 7.17. The summed E-state index contributed by atoms with van der Waals surface area (Å²) in [4.78, 5) is 15.8. The minimum atomic E-state index is -0.469. The Labute approximate surface area is 211 Å². The highest BCUT2D eigenvalue weighted by Crippen LogP contribution is 2.39. The van der Waals surface area contributed by atoms with Crippen LogP contribution in [-0.2, 0) is 14.3 Å². The molecule has 0 N–H and O–H groups in total. The number of amides is 1. The standard InChI is InChI=1S/C27H33N3O6/c1-32-19-8-9-20(25(16-19)34-3)22-17-23(21-6-4-5-7-24(21)33-2)30(28-22)26(31)18-29-12-10-27(11-13-29)35-14-15-36-27/h4-9,16,23H,10-15,17-18H2,1-3H3/t23-/m1/s1. The van der Waals surface area contributed by atoms with Crippen LogP contribution < -0.4 is 14.2 Å². The fraction of sp³-hybridized carbons (Fsp3) is 0.481. The first-order valence-electron chi connectivity index (χ1n) is 12.3. The lowest BCUT2D eigenvalue weighted by atomic mass is 9.97. The molecular weight excluding hydrogens is 462 g/mol. The van der Waals surface area contributed by atoms with Gasteiger partial charge in [-0.05, 0) is 18.2 Å². The minimum absolute atomic E-state index is 0.0578. The molecular formula is C27H33N3O6. The first-order valence-corrected chi connectivity index (χ1v) is 12.3. The quantitative estimate of drug-likeness (QED) is 0.583. The van der Waals surface area contributed by atoms with E-state index in [-0.39, 0.29) is 18.5 Å². The Hall–Kier alpha value is -3.14. The number of piperidine rings is 1. The van der Waals surface area contributed by atoms with Crippen LogP contribution in [0.15, 0.2) is 47.6 Å². The normalized spacial score (nSPS) is 21.5. The summed E-state index contributed by atoms with van der Waals surface area (Å²) < 4.78 is 28.3. The fourth-order valence-corrected chi connectivity index (χ4v) is 5.23. The number of likely N-dealkylation sites (tertiary alicyclic amines) is 1. The predicted octanol–water partition coefficient (Wildman–Crippen LogP) is 3.23. The summed E-state index contributed by atoms with van der Waals surface area (Å²) in [5, 5.41) is 6.45. The lowest BCUT2D eigenvalue weighted by molar-refractivity contribution is -0.186. The van der Waals surface area contributed by atoms with Gasteiger partial charge in [0.15, 0.2) is 5.79 Å². The number of hydrogen-bond donors (Lipinski definition) is 0. The van der Waals surface area contributed by atoms with Gasteiger partial charge in [0.05, 0.1) is 52.8 Å². The van der Waals surface area contributed by atoms with Crippen molar-refractivity contribution in [2.45, 2.75) is 31.1 Å². The molecule has 3 aliphatic heterocycles. The second-order valence-corrected chi connectivity index (χ2v) is 9.20. The molecule has 0 aromatic heterocycles. The summed E-state index contributed by atoms with van der Waals surface area (Å²) in [6, 6.07) is 13.1. The van der Waals surface area contributed by atoms with Crippen LogP contribution in [0, 0.1) is 0 Å². The van der Waals surface area contributed by atoms with Crippen LogP contribution in [0.4, 0.5) is 0 Å². The largest absolute Gasteiger partial charge is 0.497 e. The second-order valence-electron chi connectivity index (χ2n) is 9.20. The number of carbonyl (C=O) groups excluding carboxylic acids is 1. The van der Waals surface area contributed by atoms with E-state index in [4.69, 9.17) is 28.8 Å². The van der Waals surface area contributed by atoms with Gasteiger partial charge in [-0.25, -0.2) is 5.01 Å². The minimum Gasteiger partial charge on any atom is -0.497 e. The van der Waals surface area contributed by atoms with E-state index >= 15 is 0 Å². The molecule has 5 rings (SSSR count). The summed E-state index contributed by atoms with van der Waals surface area (Å²) in [5.74, 6) is 1.55. The smallest absolute Gasteiger partial charge is 0.257 e. The van der Waals surface area contributed by atoms with E-state index in [0.29, 0.717) is 31.1 Å². The highest BCUT2D eigenvalue weighted by molar-refractivity contribution is 6.05. The number of hydrazone groups is 1. The zero-order valence-electron chi connectivity index (χ0n) is 21.1. The molecule has 1 amide bonds. The third kappa shape index (κ3) is 4.78. The van der Waals surface area contributed by atoms with Gasteiger partial charge in [-0.3, -0.25) is 9.69 Å². The summed E-state index contributed by atoms with van der Waals surface area (Å²) in [6.07, 6.45) is 2.06. The van der Waals surface area contributed by atoms with Gasteiger partial charge in [-0.15, -0.1) is 0 Å². The number of hydrogen-bond acceptors (Lipinski definition) is 8. The average molecular weight is 496 g/mol. The van der Waals surface area contributed by atoms with Crippen molar-refractivity contribution in [3.8, 4) is 17.2 Å². The van der Waals surface area contributed by atoms with Crippen molar-refractivity contribution in [2.75, 3.05) is 54.2 Å². The average Bonchev–Trinajstić information content (AvgIpc) is 3.57. The van der Waals surface area contributed by atoms with Gasteiger partial charge in [-0.2, -0.15) is 5.10 Å². The zero-order chi connectivity index (χ0) is 25.1. The molecule has 0 unspecified atom stereocenters. The molecule has 9 nitrogen and oxygen atoms in total. The van der Waals surface area contributed by atoms with Crippen LogP contribution >= 0.6 is 0 Å². The van der Waals surface area contributed by atoms with Crippen LogP contribution in [-0.4, -0.2) is 81.5 Å². The Balaban J connectivity index is 1.40. The first-order chi connectivity index (χ1) is 17.6. The van der Waals surface area contributed by atoms with Crippen molar-refractivity contribution < 1.29 is 28.5 Å². The van der Waals surface area contributed by atoms with Crippen molar-refractivity contribution >= 4 is 11.6 Å². The van der Waals surface area contributed by atoms with Crippen molar-refractivity contribution in [3.63, 3.8) is 0 Å². The van der Waals surface area contributed by atoms with Gasteiger partial charge in [0.2, 0.25) is 0 Å². The van der Waals surface area contributed by atoms with Gasteiger partial charge in [-0.1, -0.05) is 18.2 Å². The number of methoxy groups -OCH3 is 3. The van der Waals surface area contributed by atoms with E-state index in [1.54, 1.807) is 26.3 Å². The molecule has 9 heteroatoms. The lowest BCUT2D eigenvalue weighted by Gasteiger charge is -2.37. The van der Waals surface area contributed by atoms with E-state index in [1.165, 1.54) is 0 Å². The zero-order valence-corrected chi connectivity index (χ0v) is 21.1. The number of para-hydroxylation sites is 1. The predicted molar refractivity (Wildman–Crippen MR) is 134 cm³/mol. The maximum absolute atomic E-state index is 13.7. The van der Waals surface area contributed by atoms with Crippen LogP contribution in [0.1, 0.15) is 36.4 Å². The first kappa shape index (κ1) is 24.5. The number of carbonyl (C=O) groups is 1. The maximum atomic E-state index is 13.7. The molecule has 2 aromatic rings. The van der Waals surface area contributed by atoms with Crippen LogP contribution in [0.2, 0.25) is 0 Å². The molecule has 2 saturated heterocycles. The van der Waals surface area contributed by atoms with Gasteiger partial charge >= 0.3 is 0 Å². The van der Waals surface area contributed by atoms with Gasteiger partial charge in [0.1, 0.15) is 17.2 Å². The molecule has 3 aliphatic rings. The maximum Gasteiger partial charge on any atom is 0.257 e. The molecule has 1 atom stereocenters. The van der Waals surface area contributed by atoms with Crippen LogP contribution in [0.5, 0.6) is 17.2 Å². The van der Waals surface area contributed by atoms with Crippen molar-refractivity contribution in [1.29, 1.82) is 0 Å². The molecule has 0 bridgehead atoms. The van der Waals surface area contributed by atoms with E-state index in [2.05, 4.69) is 4.90 Å². The highest BCUT2D eigenvalue weighted by Gasteiger charge is 2.41. The molecule has 3 heterocycles. The molecule has 36 heavy (non-hydrogen) atoms. The Morgan fingerprint density at radius 1 is 1.00 bits per heavy atom. The fourth-order valence-electron chi connectivity index (χ4n) is 5.23. The molecule has 0 radical (unpaired) electrons. The highest BCUT2D eigenvalue weighted by atomic mass is 16.7.